The average Bonchev–Trinajstić information content (AvgIpc) is 2.65. The Morgan fingerprint density at radius 3 is 2.79 bits per heavy atom. The zero-order valence-electron chi connectivity index (χ0n) is 8.95. The van der Waals surface area contributed by atoms with Gasteiger partial charge >= 0.3 is 0 Å². The fourth-order valence-electron chi connectivity index (χ4n) is 1.61. The van der Waals surface area contributed by atoms with Crippen LogP contribution in [0.3, 0.4) is 0 Å². The van der Waals surface area contributed by atoms with Crippen LogP contribution < -0.4 is 0 Å². The first-order chi connectivity index (χ1) is 6.88. The molecule has 2 nitrogen and oxygen atoms in total. The van der Waals surface area contributed by atoms with E-state index in [0.29, 0.717) is 0 Å². The van der Waals surface area contributed by atoms with Crippen molar-refractivity contribution in [3.63, 3.8) is 0 Å². The summed E-state index contributed by atoms with van der Waals surface area (Å²) in [6.07, 6.45) is 10.1. The highest BCUT2D eigenvalue weighted by Gasteiger charge is 1.98. The van der Waals surface area contributed by atoms with Gasteiger partial charge in [-0.2, -0.15) is 12.6 Å². The number of imidazole rings is 1. The molecule has 0 bridgehead atoms. The second kappa shape index (κ2) is 6.93. The lowest BCUT2D eigenvalue weighted by Gasteiger charge is -2.05. The fraction of sp³-hybridized carbons (Fsp3) is 0.727. The van der Waals surface area contributed by atoms with Gasteiger partial charge in [0.25, 0.3) is 0 Å². The van der Waals surface area contributed by atoms with Gasteiger partial charge in [0.1, 0.15) is 5.82 Å². The molecule has 0 radical (unpaired) electrons. The average molecular weight is 212 g/mol. The van der Waals surface area contributed by atoms with Crippen LogP contribution in [0.1, 0.15) is 38.4 Å². The molecule has 0 unspecified atom stereocenters. The van der Waals surface area contributed by atoms with Gasteiger partial charge in [-0.15, -0.1) is 0 Å². The maximum Gasteiger partial charge on any atom is 0.108 e. The van der Waals surface area contributed by atoms with Crippen molar-refractivity contribution in [2.75, 3.05) is 5.75 Å². The number of unbranched alkanes of at least 4 members (excludes halogenated alkanes) is 3. The Bertz CT molecular complexity index is 245. The third kappa shape index (κ3) is 3.74. The first-order valence-electron chi connectivity index (χ1n) is 5.49. The van der Waals surface area contributed by atoms with Gasteiger partial charge in [0.15, 0.2) is 0 Å². The lowest BCUT2D eigenvalue weighted by molar-refractivity contribution is 0.568. The van der Waals surface area contributed by atoms with Crippen molar-refractivity contribution in [2.45, 2.75) is 45.6 Å². The first kappa shape index (κ1) is 11.6. The summed E-state index contributed by atoms with van der Waals surface area (Å²) in [4.78, 5) is 4.30. The fourth-order valence-corrected chi connectivity index (χ4v) is 1.83. The Morgan fingerprint density at radius 2 is 2.07 bits per heavy atom. The van der Waals surface area contributed by atoms with Gasteiger partial charge in [-0.1, -0.05) is 19.8 Å². The predicted molar refractivity (Wildman–Crippen MR) is 63.9 cm³/mol. The molecule has 0 saturated heterocycles. The molecular formula is C11H20N2S. The van der Waals surface area contributed by atoms with Crippen LogP contribution in [0.2, 0.25) is 0 Å². The lowest BCUT2D eigenvalue weighted by Crippen LogP contribution is -2.01. The molecule has 1 aromatic heterocycles. The number of nitrogens with zero attached hydrogens (tertiary/aromatic N) is 2. The molecule has 0 aliphatic heterocycles. The first-order valence-corrected chi connectivity index (χ1v) is 6.12. The molecule has 80 valence electrons. The van der Waals surface area contributed by atoms with Crippen LogP contribution in [0, 0.1) is 0 Å². The smallest absolute Gasteiger partial charge is 0.108 e. The highest BCUT2D eigenvalue weighted by atomic mass is 32.1. The second-order valence-corrected chi connectivity index (χ2v) is 3.98. The number of thiol groups is 1. The van der Waals surface area contributed by atoms with Crippen molar-refractivity contribution in [3.8, 4) is 0 Å². The summed E-state index contributed by atoms with van der Waals surface area (Å²) in [7, 11) is 0. The third-order valence-electron chi connectivity index (χ3n) is 2.43. The molecule has 3 heteroatoms. The summed E-state index contributed by atoms with van der Waals surface area (Å²) in [5.41, 5.74) is 0. The van der Waals surface area contributed by atoms with Gasteiger partial charge in [0.05, 0.1) is 0 Å². The van der Waals surface area contributed by atoms with E-state index in [9.17, 15) is 0 Å². The van der Waals surface area contributed by atoms with Crippen molar-refractivity contribution in [3.05, 3.63) is 18.2 Å². The molecule has 0 aliphatic carbocycles. The maximum atomic E-state index is 4.30. The molecule has 0 saturated carbocycles. The zero-order chi connectivity index (χ0) is 10.2. The molecule has 1 rings (SSSR count). The van der Waals surface area contributed by atoms with Gasteiger partial charge in [0.2, 0.25) is 0 Å². The molecule has 0 atom stereocenters. The summed E-state index contributed by atoms with van der Waals surface area (Å²) in [5.74, 6) is 2.23. The van der Waals surface area contributed by atoms with Crippen LogP contribution in [0.4, 0.5) is 0 Å². The van der Waals surface area contributed by atoms with Gasteiger partial charge in [0, 0.05) is 25.4 Å². The number of aryl methyl sites for hydroxylation is 2. The predicted octanol–water partition coefficient (Wildman–Crippen LogP) is 2.94. The van der Waals surface area contributed by atoms with E-state index in [1.165, 1.54) is 31.5 Å². The Morgan fingerprint density at radius 1 is 1.29 bits per heavy atom. The van der Waals surface area contributed by atoms with E-state index in [0.717, 1.165) is 18.7 Å². The van der Waals surface area contributed by atoms with Gasteiger partial charge in [-0.3, -0.25) is 0 Å². The van der Waals surface area contributed by atoms with Crippen LogP contribution in [0.15, 0.2) is 12.4 Å². The summed E-state index contributed by atoms with van der Waals surface area (Å²) < 4.78 is 2.26. The van der Waals surface area contributed by atoms with E-state index in [1.54, 1.807) is 0 Å². The van der Waals surface area contributed by atoms with Crippen molar-refractivity contribution in [1.82, 2.24) is 9.55 Å². The molecule has 0 spiro atoms. The Kier molecular flexibility index (Phi) is 5.76. The highest BCUT2D eigenvalue weighted by Crippen LogP contribution is 2.05. The molecule has 0 amide bonds. The molecular weight excluding hydrogens is 192 g/mol. The Labute approximate surface area is 92.1 Å². The van der Waals surface area contributed by atoms with E-state index in [-0.39, 0.29) is 0 Å². The monoisotopic (exact) mass is 212 g/mol. The number of rotatable bonds is 7. The standard InChI is InChI=1S/C11H20N2S/c1-2-11-12-7-9-13(11)8-5-3-4-6-10-14/h7,9,14H,2-6,8,10H2,1H3. The van der Waals surface area contributed by atoms with Crippen LogP contribution in [-0.4, -0.2) is 15.3 Å². The minimum absolute atomic E-state index is 1.02. The summed E-state index contributed by atoms with van der Waals surface area (Å²) in [6, 6.07) is 0. The van der Waals surface area contributed by atoms with Crippen LogP contribution in [-0.2, 0) is 13.0 Å². The number of hydrogen-bond donors (Lipinski definition) is 1. The van der Waals surface area contributed by atoms with E-state index >= 15 is 0 Å². The molecule has 0 aromatic carbocycles. The number of hydrogen-bond acceptors (Lipinski definition) is 2. The van der Waals surface area contributed by atoms with E-state index in [2.05, 4.69) is 35.3 Å². The second-order valence-electron chi connectivity index (χ2n) is 3.53. The summed E-state index contributed by atoms with van der Waals surface area (Å²) in [6.45, 7) is 3.27. The molecule has 1 aromatic rings. The third-order valence-corrected chi connectivity index (χ3v) is 2.74. The van der Waals surface area contributed by atoms with Crippen molar-refractivity contribution in [1.29, 1.82) is 0 Å². The van der Waals surface area contributed by atoms with Crippen LogP contribution in [0.5, 0.6) is 0 Å². The van der Waals surface area contributed by atoms with Crippen molar-refractivity contribution in [2.24, 2.45) is 0 Å². The van der Waals surface area contributed by atoms with Gasteiger partial charge < -0.3 is 4.57 Å². The molecule has 0 N–H and O–H groups in total. The lowest BCUT2D eigenvalue weighted by atomic mass is 10.2. The molecule has 1 heterocycles. The van der Waals surface area contributed by atoms with Gasteiger partial charge in [-0.05, 0) is 18.6 Å². The van der Waals surface area contributed by atoms with E-state index < -0.39 is 0 Å². The normalized spacial score (nSPS) is 10.7. The van der Waals surface area contributed by atoms with Crippen molar-refractivity contribution >= 4 is 12.6 Å². The Balaban J connectivity index is 2.17. The SMILES string of the molecule is CCc1nccn1CCCCCCS. The molecule has 0 fully saturated rings. The summed E-state index contributed by atoms with van der Waals surface area (Å²) in [5, 5.41) is 0. The topological polar surface area (TPSA) is 17.8 Å². The Hall–Kier alpha value is -0.440. The zero-order valence-corrected chi connectivity index (χ0v) is 9.84. The quantitative estimate of drug-likeness (QED) is 0.543. The number of aromatic nitrogens is 2. The van der Waals surface area contributed by atoms with Crippen LogP contribution >= 0.6 is 12.6 Å². The minimum Gasteiger partial charge on any atom is -0.335 e. The van der Waals surface area contributed by atoms with E-state index in [1.807, 2.05) is 6.20 Å². The minimum atomic E-state index is 1.02. The maximum absolute atomic E-state index is 4.30. The largest absolute Gasteiger partial charge is 0.335 e. The van der Waals surface area contributed by atoms with Gasteiger partial charge in [-0.25, -0.2) is 4.98 Å². The summed E-state index contributed by atoms with van der Waals surface area (Å²) >= 11 is 4.20. The van der Waals surface area contributed by atoms with Crippen LogP contribution in [0.25, 0.3) is 0 Å². The molecule has 14 heavy (non-hydrogen) atoms. The molecule has 0 aliphatic rings. The van der Waals surface area contributed by atoms with Crippen molar-refractivity contribution < 1.29 is 0 Å². The highest BCUT2D eigenvalue weighted by molar-refractivity contribution is 7.80. The van der Waals surface area contributed by atoms with E-state index in [4.69, 9.17) is 0 Å².